The molecule has 1 aliphatic rings. The third kappa shape index (κ3) is 0.757. The van der Waals surface area contributed by atoms with Crippen LogP contribution in [0.25, 0.3) is 0 Å². The van der Waals surface area contributed by atoms with Gasteiger partial charge in [-0.05, 0) is 6.92 Å². The number of amidine groups is 1. The highest BCUT2D eigenvalue weighted by Gasteiger charge is 2.16. The Morgan fingerprint density at radius 1 is 1.88 bits per heavy atom. The highest BCUT2D eigenvalue weighted by atomic mass is 16.3. The van der Waals surface area contributed by atoms with E-state index in [1.54, 1.807) is 0 Å². The van der Waals surface area contributed by atoms with Crippen LogP contribution in [0.3, 0.4) is 0 Å². The summed E-state index contributed by atoms with van der Waals surface area (Å²) >= 11 is 0. The van der Waals surface area contributed by atoms with Gasteiger partial charge in [0.15, 0.2) is 0 Å². The molecule has 0 saturated heterocycles. The molecule has 46 valence electrons. The standard InChI is InChI=1S/C5H10N2O/c1-2-7-4-3-6-5(7)8/h2-4H2,1H3,(H,6,8)/p+1. The molecule has 1 rings (SSSR count). The van der Waals surface area contributed by atoms with E-state index in [1.165, 1.54) is 0 Å². The number of likely N-dealkylation sites (N-methyl/N-ethyl adjacent to an activating group) is 1. The summed E-state index contributed by atoms with van der Waals surface area (Å²) in [7, 11) is 0. The van der Waals surface area contributed by atoms with Crippen molar-refractivity contribution in [2.24, 2.45) is 0 Å². The van der Waals surface area contributed by atoms with Crippen LogP contribution in [0, 0.1) is 0 Å². The summed E-state index contributed by atoms with van der Waals surface area (Å²) in [5.41, 5.74) is 0. The van der Waals surface area contributed by atoms with Crippen molar-refractivity contribution >= 4 is 6.02 Å². The average molecular weight is 115 g/mol. The fraction of sp³-hybridized carbons (Fsp3) is 0.800. The lowest BCUT2D eigenvalue weighted by molar-refractivity contribution is -0.521. The molecule has 0 unspecified atom stereocenters. The molecule has 3 nitrogen and oxygen atoms in total. The van der Waals surface area contributed by atoms with E-state index in [4.69, 9.17) is 5.11 Å². The number of nitrogens with zero attached hydrogens (tertiary/aromatic N) is 1. The first-order chi connectivity index (χ1) is 3.84. The van der Waals surface area contributed by atoms with Crippen molar-refractivity contribution in [1.29, 1.82) is 0 Å². The molecule has 0 bridgehead atoms. The molecule has 8 heavy (non-hydrogen) atoms. The van der Waals surface area contributed by atoms with E-state index >= 15 is 0 Å². The van der Waals surface area contributed by atoms with Crippen LogP contribution in [0.5, 0.6) is 0 Å². The van der Waals surface area contributed by atoms with E-state index in [2.05, 4.69) is 5.32 Å². The van der Waals surface area contributed by atoms with E-state index in [0.717, 1.165) is 19.6 Å². The molecule has 2 N–H and O–H groups in total. The largest absolute Gasteiger partial charge is 0.447 e. The molecule has 1 aliphatic heterocycles. The number of aliphatic hydroxyl groups is 1. The van der Waals surface area contributed by atoms with Crippen LogP contribution >= 0.6 is 0 Å². The highest BCUT2D eigenvalue weighted by molar-refractivity contribution is 5.66. The smallest absolute Gasteiger partial charge is 0.441 e. The highest BCUT2D eigenvalue weighted by Crippen LogP contribution is 1.81. The van der Waals surface area contributed by atoms with Crippen molar-refractivity contribution < 1.29 is 9.68 Å². The second kappa shape index (κ2) is 2.03. The maximum Gasteiger partial charge on any atom is 0.441 e. The fourth-order valence-electron chi connectivity index (χ4n) is 0.828. The summed E-state index contributed by atoms with van der Waals surface area (Å²) in [6.45, 7) is 4.71. The van der Waals surface area contributed by atoms with Gasteiger partial charge in [0.25, 0.3) is 0 Å². The zero-order valence-electron chi connectivity index (χ0n) is 5.02. The summed E-state index contributed by atoms with van der Waals surface area (Å²) in [6.07, 6.45) is 0. The quantitative estimate of drug-likeness (QED) is 0.453. The minimum Gasteiger partial charge on any atom is -0.447 e. The number of rotatable bonds is 1. The maximum absolute atomic E-state index is 8.92. The first kappa shape index (κ1) is 5.41. The van der Waals surface area contributed by atoms with Crippen LogP contribution in [-0.2, 0) is 0 Å². The van der Waals surface area contributed by atoms with Gasteiger partial charge in [-0.3, -0.25) is 0 Å². The number of aliphatic hydroxyl groups excluding tert-OH is 1. The Bertz CT molecular complexity index is 120. The third-order valence-electron chi connectivity index (χ3n) is 1.35. The van der Waals surface area contributed by atoms with E-state index in [1.807, 2.05) is 11.5 Å². The molecule has 0 aromatic carbocycles. The molecular weight excluding hydrogens is 104 g/mol. The van der Waals surface area contributed by atoms with Gasteiger partial charge in [0, 0.05) is 0 Å². The van der Waals surface area contributed by atoms with Crippen molar-refractivity contribution in [3.63, 3.8) is 0 Å². The van der Waals surface area contributed by atoms with Gasteiger partial charge in [-0.2, -0.15) is 0 Å². The van der Waals surface area contributed by atoms with E-state index < -0.39 is 0 Å². The first-order valence-corrected chi connectivity index (χ1v) is 2.89. The molecule has 0 fully saturated rings. The van der Waals surface area contributed by atoms with Gasteiger partial charge in [-0.1, -0.05) is 0 Å². The van der Waals surface area contributed by atoms with Crippen LogP contribution in [0.1, 0.15) is 6.92 Å². The molecule has 0 aromatic heterocycles. The molecule has 0 spiro atoms. The van der Waals surface area contributed by atoms with Crippen molar-refractivity contribution in [2.45, 2.75) is 6.92 Å². The minimum atomic E-state index is 0.326. The number of hydrogen-bond donors (Lipinski definition) is 2. The average Bonchev–Trinajstić information content (AvgIpc) is 2.14. The first-order valence-electron chi connectivity index (χ1n) is 2.89. The molecule has 0 aromatic rings. The van der Waals surface area contributed by atoms with E-state index in [0.29, 0.717) is 6.02 Å². The number of nitrogens with one attached hydrogen (secondary N) is 1. The summed E-state index contributed by atoms with van der Waals surface area (Å²) in [5, 5.41) is 11.7. The van der Waals surface area contributed by atoms with Gasteiger partial charge in [0.2, 0.25) is 0 Å². The maximum atomic E-state index is 8.92. The van der Waals surface area contributed by atoms with E-state index in [9.17, 15) is 0 Å². The van der Waals surface area contributed by atoms with Gasteiger partial charge < -0.3 is 5.11 Å². The molecule has 0 amide bonds. The zero-order valence-corrected chi connectivity index (χ0v) is 5.02. The lowest BCUT2D eigenvalue weighted by Crippen LogP contribution is -2.21. The van der Waals surface area contributed by atoms with Gasteiger partial charge in [-0.25, -0.2) is 9.89 Å². The SMILES string of the molecule is CC[N+]1=C(O)NCC1. The molecule has 3 heteroatoms. The van der Waals surface area contributed by atoms with Crippen LogP contribution < -0.4 is 5.32 Å². The summed E-state index contributed by atoms with van der Waals surface area (Å²) in [4.78, 5) is 0. The van der Waals surface area contributed by atoms with Gasteiger partial charge in [-0.15, -0.1) is 0 Å². The monoisotopic (exact) mass is 115 g/mol. The van der Waals surface area contributed by atoms with Gasteiger partial charge >= 0.3 is 6.02 Å². The van der Waals surface area contributed by atoms with Crippen LogP contribution in [-0.4, -0.2) is 35.3 Å². The summed E-state index contributed by atoms with van der Waals surface area (Å²) in [5.74, 6) is 0. The topological polar surface area (TPSA) is 35.3 Å². The normalized spacial score (nSPS) is 19.1. The van der Waals surface area contributed by atoms with Crippen LogP contribution in [0.4, 0.5) is 0 Å². The fourth-order valence-corrected chi connectivity index (χ4v) is 0.828. The van der Waals surface area contributed by atoms with Gasteiger partial charge in [0.1, 0.15) is 13.1 Å². The van der Waals surface area contributed by atoms with Gasteiger partial charge in [0.05, 0.1) is 6.54 Å². The molecule has 0 radical (unpaired) electrons. The Labute approximate surface area is 48.6 Å². The molecule has 0 saturated carbocycles. The van der Waals surface area contributed by atoms with E-state index in [-0.39, 0.29) is 0 Å². The minimum absolute atomic E-state index is 0.326. The lowest BCUT2D eigenvalue weighted by atomic mass is 10.6. The third-order valence-corrected chi connectivity index (χ3v) is 1.35. The Hall–Kier alpha value is -0.730. The summed E-state index contributed by atoms with van der Waals surface area (Å²) in [6, 6.07) is 0.326. The molecule has 0 atom stereocenters. The Morgan fingerprint density at radius 2 is 2.62 bits per heavy atom. The Balaban J connectivity index is 2.58. The predicted molar refractivity (Wildman–Crippen MR) is 31.3 cm³/mol. The zero-order chi connectivity index (χ0) is 5.98. The molecular formula is C5H11N2O+. The second-order valence-electron chi connectivity index (χ2n) is 1.83. The summed E-state index contributed by atoms with van der Waals surface area (Å²) < 4.78 is 1.89. The van der Waals surface area contributed by atoms with Crippen LogP contribution in [0.15, 0.2) is 0 Å². The van der Waals surface area contributed by atoms with Crippen molar-refractivity contribution in [1.82, 2.24) is 5.32 Å². The van der Waals surface area contributed by atoms with Crippen molar-refractivity contribution in [3.8, 4) is 0 Å². The number of hydrogen-bond acceptors (Lipinski definition) is 1. The molecule has 0 aliphatic carbocycles. The van der Waals surface area contributed by atoms with Crippen LogP contribution in [0.2, 0.25) is 0 Å². The van der Waals surface area contributed by atoms with Crippen molar-refractivity contribution in [2.75, 3.05) is 19.6 Å². The second-order valence-corrected chi connectivity index (χ2v) is 1.83. The lowest BCUT2D eigenvalue weighted by Gasteiger charge is -1.90. The Morgan fingerprint density at radius 3 is 2.88 bits per heavy atom. The molecule has 1 heterocycles. The Kier molecular flexibility index (Phi) is 1.37. The predicted octanol–water partition coefficient (Wildman–Crippen LogP) is -0.464. The van der Waals surface area contributed by atoms with Crippen molar-refractivity contribution in [3.05, 3.63) is 0 Å².